The zero-order valence-corrected chi connectivity index (χ0v) is 9.27. The molecule has 5 heteroatoms. The summed E-state index contributed by atoms with van der Waals surface area (Å²) in [6.45, 7) is 2.01. The standard InChI is InChI=1S/C11H8ClN3O/c1-7-4-5-15-10(6-7)13-14-11(15)8-2-3-9(12)16-8/h2-6H,1H3. The number of hydrogen-bond donors (Lipinski definition) is 0. The molecule has 0 amide bonds. The second-order valence-electron chi connectivity index (χ2n) is 3.56. The van der Waals surface area contributed by atoms with Crippen LogP contribution in [-0.2, 0) is 0 Å². The minimum Gasteiger partial charge on any atom is -0.441 e. The fraction of sp³-hybridized carbons (Fsp3) is 0.0909. The summed E-state index contributed by atoms with van der Waals surface area (Å²) in [6.07, 6.45) is 1.91. The van der Waals surface area contributed by atoms with E-state index in [9.17, 15) is 0 Å². The van der Waals surface area contributed by atoms with Gasteiger partial charge in [-0.1, -0.05) is 0 Å². The Hall–Kier alpha value is -1.81. The lowest BCUT2D eigenvalue weighted by Crippen LogP contribution is -1.87. The molecule has 0 saturated heterocycles. The molecule has 0 radical (unpaired) electrons. The molecular weight excluding hydrogens is 226 g/mol. The van der Waals surface area contributed by atoms with Gasteiger partial charge in [0.05, 0.1) is 0 Å². The van der Waals surface area contributed by atoms with E-state index < -0.39 is 0 Å². The first kappa shape index (κ1) is 9.42. The summed E-state index contributed by atoms with van der Waals surface area (Å²) in [4.78, 5) is 0. The van der Waals surface area contributed by atoms with Gasteiger partial charge in [-0.15, -0.1) is 10.2 Å². The van der Waals surface area contributed by atoms with Crippen LogP contribution in [0, 0.1) is 6.92 Å². The average molecular weight is 234 g/mol. The summed E-state index contributed by atoms with van der Waals surface area (Å²) in [5.74, 6) is 1.27. The van der Waals surface area contributed by atoms with Gasteiger partial charge in [-0.3, -0.25) is 4.40 Å². The van der Waals surface area contributed by atoms with Gasteiger partial charge in [0, 0.05) is 6.20 Å². The van der Waals surface area contributed by atoms with Gasteiger partial charge in [-0.05, 0) is 48.4 Å². The highest BCUT2D eigenvalue weighted by Crippen LogP contribution is 2.23. The molecule has 0 fully saturated rings. The molecule has 0 unspecified atom stereocenters. The molecule has 0 atom stereocenters. The zero-order valence-electron chi connectivity index (χ0n) is 8.51. The molecule has 3 aromatic rings. The van der Waals surface area contributed by atoms with Crippen LogP contribution in [0.1, 0.15) is 5.56 Å². The van der Waals surface area contributed by atoms with Crippen molar-refractivity contribution in [2.24, 2.45) is 0 Å². The molecule has 0 spiro atoms. The maximum absolute atomic E-state index is 5.73. The van der Waals surface area contributed by atoms with E-state index >= 15 is 0 Å². The molecule has 16 heavy (non-hydrogen) atoms. The third-order valence-electron chi connectivity index (χ3n) is 2.36. The smallest absolute Gasteiger partial charge is 0.204 e. The normalized spacial score (nSPS) is 11.1. The third-order valence-corrected chi connectivity index (χ3v) is 2.56. The Labute approximate surface area is 96.5 Å². The van der Waals surface area contributed by atoms with Crippen LogP contribution < -0.4 is 0 Å². The summed E-state index contributed by atoms with van der Waals surface area (Å²) in [5.41, 5.74) is 1.94. The lowest BCUT2D eigenvalue weighted by molar-refractivity contribution is 0.578. The monoisotopic (exact) mass is 233 g/mol. The fourth-order valence-corrected chi connectivity index (χ4v) is 1.74. The Morgan fingerprint density at radius 3 is 2.88 bits per heavy atom. The van der Waals surface area contributed by atoms with Crippen LogP contribution in [0.3, 0.4) is 0 Å². The summed E-state index contributed by atoms with van der Waals surface area (Å²) < 4.78 is 7.17. The number of furan rings is 1. The minimum absolute atomic E-state index is 0.346. The minimum atomic E-state index is 0.346. The molecular formula is C11H8ClN3O. The van der Waals surface area contributed by atoms with Crippen molar-refractivity contribution in [3.63, 3.8) is 0 Å². The highest BCUT2D eigenvalue weighted by Gasteiger charge is 2.11. The molecule has 0 bridgehead atoms. The molecule has 3 aromatic heterocycles. The van der Waals surface area contributed by atoms with Crippen molar-refractivity contribution >= 4 is 17.2 Å². The number of fused-ring (bicyclic) bond motifs is 1. The van der Waals surface area contributed by atoms with E-state index in [0.29, 0.717) is 16.8 Å². The van der Waals surface area contributed by atoms with Crippen molar-refractivity contribution in [3.8, 4) is 11.6 Å². The van der Waals surface area contributed by atoms with E-state index in [-0.39, 0.29) is 0 Å². The Bertz CT molecular complexity index is 656. The van der Waals surface area contributed by atoms with Gasteiger partial charge in [0.15, 0.2) is 16.6 Å². The van der Waals surface area contributed by atoms with Crippen molar-refractivity contribution in [2.75, 3.05) is 0 Å². The molecule has 3 rings (SSSR count). The number of aryl methyl sites for hydroxylation is 1. The van der Waals surface area contributed by atoms with E-state index in [1.54, 1.807) is 12.1 Å². The lowest BCUT2D eigenvalue weighted by Gasteiger charge is -1.96. The maximum Gasteiger partial charge on any atom is 0.204 e. The Morgan fingerprint density at radius 1 is 1.25 bits per heavy atom. The van der Waals surface area contributed by atoms with E-state index in [1.165, 1.54) is 0 Å². The van der Waals surface area contributed by atoms with Crippen molar-refractivity contribution in [2.45, 2.75) is 6.92 Å². The van der Waals surface area contributed by atoms with Crippen LogP contribution in [0.5, 0.6) is 0 Å². The number of halogens is 1. The maximum atomic E-state index is 5.73. The van der Waals surface area contributed by atoms with Crippen LogP contribution in [0.25, 0.3) is 17.2 Å². The Balaban J connectivity index is 2.25. The predicted octanol–water partition coefficient (Wildman–Crippen LogP) is 2.95. The first-order valence-electron chi connectivity index (χ1n) is 4.81. The SMILES string of the molecule is Cc1ccn2c(-c3ccc(Cl)o3)nnc2c1. The van der Waals surface area contributed by atoms with Gasteiger partial charge in [0.25, 0.3) is 0 Å². The van der Waals surface area contributed by atoms with Gasteiger partial charge in [-0.2, -0.15) is 0 Å². The number of hydrogen-bond acceptors (Lipinski definition) is 3. The second kappa shape index (κ2) is 3.35. The van der Waals surface area contributed by atoms with E-state index in [2.05, 4.69) is 10.2 Å². The highest BCUT2D eigenvalue weighted by molar-refractivity contribution is 6.28. The largest absolute Gasteiger partial charge is 0.441 e. The first-order chi connectivity index (χ1) is 7.74. The average Bonchev–Trinajstić information content (AvgIpc) is 2.83. The molecule has 0 aromatic carbocycles. The predicted molar refractivity (Wildman–Crippen MR) is 60.4 cm³/mol. The number of nitrogens with zero attached hydrogens (tertiary/aromatic N) is 3. The lowest BCUT2D eigenvalue weighted by atomic mass is 10.3. The fourth-order valence-electron chi connectivity index (χ4n) is 1.60. The Kier molecular flexibility index (Phi) is 1.97. The van der Waals surface area contributed by atoms with Gasteiger partial charge >= 0.3 is 0 Å². The van der Waals surface area contributed by atoms with Crippen LogP contribution in [-0.4, -0.2) is 14.6 Å². The number of aromatic nitrogens is 3. The van der Waals surface area contributed by atoms with E-state index in [4.69, 9.17) is 16.0 Å². The molecule has 0 N–H and O–H groups in total. The number of pyridine rings is 1. The molecule has 0 saturated carbocycles. The van der Waals surface area contributed by atoms with Gasteiger partial charge in [-0.25, -0.2) is 0 Å². The van der Waals surface area contributed by atoms with Crippen LogP contribution in [0.2, 0.25) is 5.22 Å². The Morgan fingerprint density at radius 2 is 2.12 bits per heavy atom. The quantitative estimate of drug-likeness (QED) is 0.649. The van der Waals surface area contributed by atoms with E-state index in [0.717, 1.165) is 11.2 Å². The van der Waals surface area contributed by atoms with Crippen LogP contribution in [0.15, 0.2) is 34.9 Å². The topological polar surface area (TPSA) is 43.3 Å². The van der Waals surface area contributed by atoms with Crippen molar-refractivity contribution < 1.29 is 4.42 Å². The van der Waals surface area contributed by atoms with Crippen LogP contribution in [0.4, 0.5) is 0 Å². The molecule has 3 heterocycles. The van der Waals surface area contributed by atoms with Gasteiger partial charge in [0.1, 0.15) is 0 Å². The zero-order chi connectivity index (χ0) is 11.1. The summed E-state index contributed by atoms with van der Waals surface area (Å²) in [5, 5.41) is 8.50. The van der Waals surface area contributed by atoms with Gasteiger partial charge < -0.3 is 4.42 Å². The van der Waals surface area contributed by atoms with Crippen molar-refractivity contribution in [1.29, 1.82) is 0 Å². The molecule has 0 aliphatic carbocycles. The van der Waals surface area contributed by atoms with Gasteiger partial charge in [0.2, 0.25) is 5.82 Å². The van der Waals surface area contributed by atoms with Crippen molar-refractivity contribution in [3.05, 3.63) is 41.2 Å². The first-order valence-corrected chi connectivity index (χ1v) is 5.19. The summed E-state index contributed by atoms with van der Waals surface area (Å²) in [7, 11) is 0. The molecule has 0 aliphatic heterocycles. The highest BCUT2D eigenvalue weighted by atomic mass is 35.5. The van der Waals surface area contributed by atoms with E-state index in [1.807, 2.05) is 29.7 Å². The van der Waals surface area contributed by atoms with Crippen molar-refractivity contribution in [1.82, 2.24) is 14.6 Å². The molecule has 80 valence electrons. The second-order valence-corrected chi connectivity index (χ2v) is 3.93. The summed E-state index contributed by atoms with van der Waals surface area (Å²) >= 11 is 5.73. The van der Waals surface area contributed by atoms with Crippen LogP contribution >= 0.6 is 11.6 Å². The summed E-state index contributed by atoms with van der Waals surface area (Å²) in [6, 6.07) is 7.41. The molecule has 0 aliphatic rings. The number of rotatable bonds is 1. The third kappa shape index (κ3) is 1.39. The molecule has 4 nitrogen and oxygen atoms in total.